The van der Waals surface area contributed by atoms with Crippen LogP contribution in [-0.2, 0) is 9.59 Å². The van der Waals surface area contributed by atoms with Crippen LogP contribution in [0.15, 0.2) is 0 Å². The molecule has 0 spiro atoms. The second kappa shape index (κ2) is 6.13. The molecule has 0 aliphatic carbocycles. The number of piperidine rings is 1. The highest BCUT2D eigenvalue weighted by atomic mass is 32.1. The van der Waals surface area contributed by atoms with Crippen LogP contribution in [0.1, 0.15) is 26.2 Å². The zero-order valence-electron chi connectivity index (χ0n) is 9.56. The Morgan fingerprint density at radius 3 is 2.44 bits per heavy atom. The first-order valence-electron chi connectivity index (χ1n) is 5.66. The van der Waals surface area contributed by atoms with Crippen LogP contribution in [0.5, 0.6) is 0 Å². The van der Waals surface area contributed by atoms with E-state index in [1.54, 1.807) is 0 Å². The van der Waals surface area contributed by atoms with E-state index in [2.05, 4.69) is 12.6 Å². The third kappa shape index (κ3) is 3.70. The van der Waals surface area contributed by atoms with E-state index in [1.165, 1.54) is 0 Å². The van der Waals surface area contributed by atoms with Crippen molar-refractivity contribution in [2.75, 3.05) is 18.8 Å². The predicted molar refractivity (Wildman–Crippen MR) is 64.6 cm³/mol. The molecule has 1 fully saturated rings. The molecule has 4 nitrogen and oxygen atoms in total. The third-order valence-electron chi connectivity index (χ3n) is 3.08. The van der Waals surface area contributed by atoms with Gasteiger partial charge in [-0.25, -0.2) is 0 Å². The molecule has 0 radical (unpaired) electrons. The summed E-state index contributed by atoms with van der Waals surface area (Å²) in [6.07, 6.45) is 1.83. The van der Waals surface area contributed by atoms with Crippen molar-refractivity contribution in [2.45, 2.75) is 26.2 Å². The van der Waals surface area contributed by atoms with Crippen molar-refractivity contribution >= 4 is 24.5 Å². The van der Waals surface area contributed by atoms with Crippen LogP contribution in [0, 0.1) is 11.8 Å². The molecule has 16 heavy (non-hydrogen) atoms. The minimum atomic E-state index is -0.742. The lowest BCUT2D eigenvalue weighted by Crippen LogP contribution is -2.41. The predicted octanol–water partition coefficient (Wildman–Crippen LogP) is 1.27. The standard InChI is InChI=1S/C11H19NO3S/c1-8(7-16)11(15)12-4-2-9(3-5-12)6-10(13)14/h8-9,16H,2-7H2,1H3,(H,13,14)/t8-/m1/s1. The molecule has 5 heteroatoms. The molecular weight excluding hydrogens is 226 g/mol. The lowest BCUT2D eigenvalue weighted by molar-refractivity contribution is -0.139. The molecule has 1 heterocycles. The maximum absolute atomic E-state index is 11.8. The summed E-state index contributed by atoms with van der Waals surface area (Å²) in [4.78, 5) is 24.2. The SMILES string of the molecule is C[C@H](CS)C(=O)N1CCC(CC(=O)O)CC1. The van der Waals surface area contributed by atoms with Gasteiger partial charge in [0, 0.05) is 31.2 Å². The molecule has 0 bridgehead atoms. The fourth-order valence-corrected chi connectivity index (χ4v) is 2.15. The van der Waals surface area contributed by atoms with E-state index in [4.69, 9.17) is 5.11 Å². The van der Waals surface area contributed by atoms with Crippen molar-refractivity contribution in [1.29, 1.82) is 0 Å². The second-order valence-corrected chi connectivity index (χ2v) is 4.82. The molecule has 0 unspecified atom stereocenters. The molecule has 1 aliphatic heterocycles. The van der Waals surface area contributed by atoms with E-state index in [-0.39, 0.29) is 24.2 Å². The number of amides is 1. The Morgan fingerprint density at radius 1 is 1.44 bits per heavy atom. The largest absolute Gasteiger partial charge is 0.481 e. The second-order valence-electron chi connectivity index (χ2n) is 4.45. The summed E-state index contributed by atoms with van der Waals surface area (Å²) in [6.45, 7) is 3.25. The van der Waals surface area contributed by atoms with Crippen LogP contribution < -0.4 is 0 Å². The molecule has 0 aromatic rings. The highest BCUT2D eigenvalue weighted by molar-refractivity contribution is 7.80. The third-order valence-corrected chi connectivity index (χ3v) is 3.63. The fourth-order valence-electron chi connectivity index (χ4n) is 1.99. The normalized spacial score (nSPS) is 19.5. The van der Waals surface area contributed by atoms with Crippen LogP contribution in [0.25, 0.3) is 0 Å². The summed E-state index contributed by atoms with van der Waals surface area (Å²) < 4.78 is 0. The van der Waals surface area contributed by atoms with Gasteiger partial charge >= 0.3 is 5.97 Å². The van der Waals surface area contributed by atoms with Gasteiger partial charge in [0.15, 0.2) is 0 Å². The molecule has 1 atom stereocenters. The first kappa shape index (κ1) is 13.4. The summed E-state index contributed by atoms with van der Waals surface area (Å²) >= 11 is 4.11. The Bertz CT molecular complexity index is 262. The quantitative estimate of drug-likeness (QED) is 0.733. The van der Waals surface area contributed by atoms with Crippen LogP contribution in [0.4, 0.5) is 0 Å². The van der Waals surface area contributed by atoms with Gasteiger partial charge in [0.1, 0.15) is 0 Å². The highest BCUT2D eigenvalue weighted by Gasteiger charge is 2.26. The van der Waals surface area contributed by atoms with Gasteiger partial charge in [-0.3, -0.25) is 9.59 Å². The van der Waals surface area contributed by atoms with Crippen molar-refractivity contribution in [1.82, 2.24) is 4.90 Å². The number of rotatable bonds is 4. The maximum Gasteiger partial charge on any atom is 0.303 e. The van der Waals surface area contributed by atoms with Crippen LogP contribution in [-0.4, -0.2) is 40.7 Å². The van der Waals surface area contributed by atoms with Gasteiger partial charge in [-0.05, 0) is 18.8 Å². The number of carboxylic acids is 1. The Kier molecular flexibility index (Phi) is 5.12. The number of hydrogen-bond donors (Lipinski definition) is 2. The molecule has 1 aliphatic rings. The number of likely N-dealkylation sites (tertiary alicyclic amines) is 1. The molecule has 1 rings (SSSR count). The summed E-state index contributed by atoms with van der Waals surface area (Å²) in [5.41, 5.74) is 0. The molecule has 1 saturated heterocycles. The van der Waals surface area contributed by atoms with Crippen molar-refractivity contribution in [3.05, 3.63) is 0 Å². The van der Waals surface area contributed by atoms with Gasteiger partial charge in [0.25, 0.3) is 0 Å². The number of carbonyl (C=O) groups is 2. The summed E-state index contributed by atoms with van der Waals surface area (Å²) in [6, 6.07) is 0. The number of carboxylic acid groups (broad SMARTS) is 1. The van der Waals surface area contributed by atoms with E-state index in [0.717, 1.165) is 12.8 Å². The molecular formula is C11H19NO3S. The number of aliphatic carboxylic acids is 1. The monoisotopic (exact) mass is 245 g/mol. The van der Waals surface area contributed by atoms with E-state index >= 15 is 0 Å². The molecule has 1 amide bonds. The molecule has 0 aromatic carbocycles. The van der Waals surface area contributed by atoms with Crippen molar-refractivity contribution in [3.63, 3.8) is 0 Å². The molecule has 92 valence electrons. The number of carbonyl (C=O) groups excluding carboxylic acids is 1. The maximum atomic E-state index is 11.8. The average Bonchev–Trinajstić information content (AvgIpc) is 2.27. The van der Waals surface area contributed by atoms with Crippen LogP contribution >= 0.6 is 12.6 Å². The number of hydrogen-bond acceptors (Lipinski definition) is 3. The smallest absolute Gasteiger partial charge is 0.303 e. The Morgan fingerprint density at radius 2 is 2.00 bits per heavy atom. The van der Waals surface area contributed by atoms with Gasteiger partial charge in [0.05, 0.1) is 0 Å². The molecule has 0 aromatic heterocycles. The Labute approximate surface area is 101 Å². The zero-order valence-corrected chi connectivity index (χ0v) is 10.4. The van der Waals surface area contributed by atoms with Crippen LogP contribution in [0.2, 0.25) is 0 Å². The lowest BCUT2D eigenvalue weighted by atomic mass is 9.93. The molecule has 0 saturated carbocycles. The summed E-state index contributed by atoms with van der Waals surface area (Å²) in [7, 11) is 0. The Balaban J connectivity index is 2.37. The average molecular weight is 245 g/mol. The minimum absolute atomic E-state index is 0.0423. The Hall–Kier alpha value is -0.710. The van der Waals surface area contributed by atoms with Gasteiger partial charge in [-0.1, -0.05) is 6.92 Å². The highest BCUT2D eigenvalue weighted by Crippen LogP contribution is 2.21. The van der Waals surface area contributed by atoms with Crippen molar-refractivity contribution < 1.29 is 14.7 Å². The van der Waals surface area contributed by atoms with Crippen molar-refractivity contribution in [3.8, 4) is 0 Å². The minimum Gasteiger partial charge on any atom is -0.481 e. The van der Waals surface area contributed by atoms with E-state index in [0.29, 0.717) is 18.8 Å². The van der Waals surface area contributed by atoms with E-state index in [9.17, 15) is 9.59 Å². The molecule has 1 N–H and O–H groups in total. The van der Waals surface area contributed by atoms with E-state index < -0.39 is 5.97 Å². The van der Waals surface area contributed by atoms with Gasteiger partial charge < -0.3 is 10.0 Å². The topological polar surface area (TPSA) is 57.6 Å². The lowest BCUT2D eigenvalue weighted by Gasteiger charge is -2.32. The first-order valence-corrected chi connectivity index (χ1v) is 6.29. The van der Waals surface area contributed by atoms with Crippen molar-refractivity contribution in [2.24, 2.45) is 11.8 Å². The zero-order chi connectivity index (χ0) is 12.1. The first-order chi connectivity index (χ1) is 7.54. The van der Waals surface area contributed by atoms with E-state index in [1.807, 2.05) is 11.8 Å². The summed E-state index contributed by atoms with van der Waals surface area (Å²) in [5, 5.41) is 8.68. The fraction of sp³-hybridized carbons (Fsp3) is 0.818. The van der Waals surface area contributed by atoms with Crippen LogP contribution in [0.3, 0.4) is 0 Å². The van der Waals surface area contributed by atoms with Gasteiger partial charge in [-0.2, -0.15) is 12.6 Å². The van der Waals surface area contributed by atoms with Gasteiger partial charge in [0.2, 0.25) is 5.91 Å². The number of nitrogens with zero attached hydrogens (tertiary/aromatic N) is 1. The summed E-state index contributed by atoms with van der Waals surface area (Å²) in [5.74, 6) is 0.151. The van der Waals surface area contributed by atoms with Gasteiger partial charge in [-0.15, -0.1) is 0 Å². The number of thiol groups is 1.